The van der Waals surface area contributed by atoms with Crippen LogP contribution in [0.4, 0.5) is 33.9 Å². The van der Waals surface area contributed by atoms with Gasteiger partial charge in [0.05, 0.1) is 18.3 Å². The van der Waals surface area contributed by atoms with Crippen LogP contribution >= 0.6 is 0 Å². The highest BCUT2D eigenvalue weighted by Gasteiger charge is 2.37. The molecule has 2 aromatic heterocycles. The molecular weight excluding hydrogens is 614 g/mol. The molecule has 242 valence electrons. The number of rotatable bonds is 9. The number of aromatic nitrogens is 4. The number of nitrogens with one attached hydrogen (secondary N) is 2. The number of alkyl halides is 3. The number of nitrogens with zero attached hydrogens (tertiary/aromatic N) is 5. The average molecular weight is 644 g/mol. The summed E-state index contributed by atoms with van der Waals surface area (Å²) in [5.41, 5.74) is 0.564. The Kier molecular flexibility index (Phi) is 9.25. The third kappa shape index (κ3) is 7.27. The number of likely N-dealkylation sites (tertiary alicyclic amines) is 1. The van der Waals surface area contributed by atoms with Crippen LogP contribution in [0.15, 0.2) is 61.6 Å². The maximum Gasteiger partial charge on any atom is 0.408 e. The monoisotopic (exact) mass is 643 g/mol. The van der Waals surface area contributed by atoms with Gasteiger partial charge in [0.1, 0.15) is 35.9 Å². The maximum atomic E-state index is 15.2. The molecule has 1 aliphatic rings. The average Bonchev–Trinajstić information content (AvgIpc) is 3.50. The molecule has 12 nitrogen and oxygen atoms in total. The van der Waals surface area contributed by atoms with Crippen molar-refractivity contribution in [3.63, 3.8) is 0 Å². The molecule has 5 rings (SSSR count). The van der Waals surface area contributed by atoms with Gasteiger partial charge in [0.25, 0.3) is 0 Å². The zero-order chi connectivity index (χ0) is 33.0. The number of hydrogen-bond acceptors (Lipinski definition) is 9. The van der Waals surface area contributed by atoms with Gasteiger partial charge in [0, 0.05) is 55.7 Å². The molecule has 0 radical (unpaired) electrons. The number of amides is 2. The van der Waals surface area contributed by atoms with Crippen molar-refractivity contribution in [1.82, 2.24) is 30.0 Å². The molecule has 1 unspecified atom stereocenters. The Labute approximate surface area is 260 Å². The molecule has 0 aliphatic carbocycles. The molecule has 2 amide bonds. The smallest absolute Gasteiger partial charge is 0.408 e. The van der Waals surface area contributed by atoms with Crippen molar-refractivity contribution < 1.29 is 41.4 Å². The molecule has 2 aromatic carbocycles. The van der Waals surface area contributed by atoms with Crippen molar-refractivity contribution in [3.05, 3.63) is 67.4 Å². The molecule has 4 aromatic rings. The molecule has 2 N–H and O–H groups in total. The largest absolute Gasteiger partial charge is 0.493 e. The highest BCUT2D eigenvalue weighted by Crippen LogP contribution is 2.37. The van der Waals surface area contributed by atoms with Crippen LogP contribution in [-0.4, -0.2) is 75.1 Å². The zero-order valence-electron chi connectivity index (χ0n) is 24.7. The van der Waals surface area contributed by atoms with Crippen LogP contribution < -0.4 is 24.8 Å². The van der Waals surface area contributed by atoms with Crippen LogP contribution in [-0.2, 0) is 4.79 Å². The third-order valence-electron chi connectivity index (χ3n) is 7.16. The predicted molar refractivity (Wildman–Crippen MR) is 158 cm³/mol. The lowest BCUT2D eigenvalue weighted by Gasteiger charge is -2.31. The summed E-state index contributed by atoms with van der Waals surface area (Å²) < 4.78 is 71.3. The fourth-order valence-corrected chi connectivity index (χ4v) is 4.63. The number of fused-ring (bicyclic) bond motifs is 1. The second kappa shape index (κ2) is 13.3. The first-order valence-electron chi connectivity index (χ1n) is 14.0. The lowest BCUT2D eigenvalue weighted by Crippen LogP contribution is -2.44. The van der Waals surface area contributed by atoms with Gasteiger partial charge in [-0.05, 0) is 31.2 Å². The summed E-state index contributed by atoms with van der Waals surface area (Å²) in [6.45, 7) is 5.38. The van der Waals surface area contributed by atoms with Gasteiger partial charge in [-0.15, -0.1) is 5.10 Å². The van der Waals surface area contributed by atoms with E-state index in [0.29, 0.717) is 53.0 Å². The van der Waals surface area contributed by atoms with E-state index in [4.69, 9.17) is 14.2 Å². The maximum absolute atomic E-state index is 15.2. The second-order valence-electron chi connectivity index (χ2n) is 10.3. The van der Waals surface area contributed by atoms with Crippen LogP contribution in [0.2, 0.25) is 0 Å². The standard InChI is InChI=1S/C30H29F4N7O5/c1-4-27(42)40-10-7-18(8-11-40)45-25-14-20-23(15-24(25)44-3)35-16-36-28(20)38-22-6-5-19(13-21(22)31)46-26-9-12-41(39-26)29(43)37-17(2)30(32,33)34/h4-6,9,12-18H,1,7-8,10-11H2,2-3H3,(H,37,43)(H,35,36,38). The summed E-state index contributed by atoms with van der Waals surface area (Å²) in [6.07, 6.45) is 0.146. The first kappa shape index (κ1) is 32.0. The van der Waals surface area contributed by atoms with Gasteiger partial charge in [0.15, 0.2) is 11.5 Å². The topological polar surface area (TPSA) is 133 Å². The molecule has 1 aliphatic heterocycles. The van der Waals surface area contributed by atoms with E-state index in [0.717, 1.165) is 19.2 Å². The first-order valence-corrected chi connectivity index (χ1v) is 14.0. The van der Waals surface area contributed by atoms with Crippen molar-refractivity contribution >= 4 is 34.3 Å². The molecule has 1 atom stereocenters. The number of ether oxygens (including phenoxy) is 3. The summed E-state index contributed by atoms with van der Waals surface area (Å²) in [5, 5.41) is 9.05. The molecule has 46 heavy (non-hydrogen) atoms. The van der Waals surface area contributed by atoms with Crippen LogP contribution in [0.3, 0.4) is 0 Å². The van der Waals surface area contributed by atoms with Crippen molar-refractivity contribution in [3.8, 4) is 23.1 Å². The summed E-state index contributed by atoms with van der Waals surface area (Å²) in [6, 6.07) is 5.32. The van der Waals surface area contributed by atoms with Gasteiger partial charge in [-0.1, -0.05) is 6.58 Å². The Hall–Kier alpha value is -5.41. The van der Waals surface area contributed by atoms with Crippen molar-refractivity contribution in [1.29, 1.82) is 0 Å². The van der Waals surface area contributed by atoms with E-state index in [2.05, 4.69) is 27.0 Å². The van der Waals surface area contributed by atoms with Crippen molar-refractivity contribution in [2.45, 2.75) is 38.1 Å². The zero-order valence-corrected chi connectivity index (χ0v) is 24.7. The predicted octanol–water partition coefficient (Wildman–Crippen LogP) is 5.57. The minimum absolute atomic E-state index is 0.0196. The number of halogens is 4. The van der Waals surface area contributed by atoms with E-state index in [1.807, 2.05) is 0 Å². The summed E-state index contributed by atoms with van der Waals surface area (Å²) in [7, 11) is 1.51. The fraction of sp³-hybridized carbons (Fsp3) is 0.300. The van der Waals surface area contributed by atoms with Gasteiger partial charge < -0.3 is 29.7 Å². The van der Waals surface area contributed by atoms with Crippen molar-refractivity contribution in [2.24, 2.45) is 0 Å². The Bertz CT molecular complexity index is 1760. The minimum Gasteiger partial charge on any atom is -0.493 e. The summed E-state index contributed by atoms with van der Waals surface area (Å²) in [5.74, 6) is 0.206. The summed E-state index contributed by atoms with van der Waals surface area (Å²) >= 11 is 0. The number of methoxy groups -OCH3 is 1. The highest BCUT2D eigenvalue weighted by molar-refractivity contribution is 5.93. The SMILES string of the molecule is C=CC(=O)N1CCC(Oc2cc3c(Nc4ccc(Oc5ccn(C(=O)NC(C)C(F)(F)F)n5)cc4F)ncnc3cc2OC)CC1. The van der Waals surface area contributed by atoms with Crippen LogP contribution in [0, 0.1) is 5.82 Å². The Morgan fingerprint density at radius 1 is 1.11 bits per heavy atom. The van der Waals surface area contributed by atoms with Gasteiger partial charge in [-0.2, -0.15) is 17.9 Å². The number of anilines is 2. The van der Waals surface area contributed by atoms with Gasteiger partial charge in [0.2, 0.25) is 11.8 Å². The third-order valence-corrected chi connectivity index (χ3v) is 7.16. The van der Waals surface area contributed by atoms with Crippen LogP contribution in [0.5, 0.6) is 23.1 Å². The molecule has 1 fully saturated rings. The number of piperidine rings is 1. The van der Waals surface area contributed by atoms with E-state index >= 15 is 4.39 Å². The minimum atomic E-state index is -4.62. The molecule has 0 bridgehead atoms. The van der Waals surface area contributed by atoms with Gasteiger partial charge in [-0.3, -0.25) is 4.79 Å². The number of carbonyl (C=O) groups is 2. The Morgan fingerprint density at radius 3 is 2.54 bits per heavy atom. The Balaban J connectivity index is 1.29. The van der Waals surface area contributed by atoms with Gasteiger partial charge in [-0.25, -0.2) is 19.2 Å². The number of benzene rings is 2. The van der Waals surface area contributed by atoms with E-state index in [9.17, 15) is 22.8 Å². The highest BCUT2D eigenvalue weighted by atomic mass is 19.4. The number of carbonyl (C=O) groups excluding carboxylic acids is 2. The molecule has 1 saturated heterocycles. The molecule has 3 heterocycles. The van der Waals surface area contributed by atoms with E-state index < -0.39 is 24.1 Å². The van der Waals surface area contributed by atoms with Crippen molar-refractivity contribution in [2.75, 3.05) is 25.5 Å². The Morgan fingerprint density at radius 2 is 1.87 bits per heavy atom. The van der Waals surface area contributed by atoms with Gasteiger partial charge >= 0.3 is 12.2 Å². The number of hydrogen-bond donors (Lipinski definition) is 2. The lowest BCUT2D eigenvalue weighted by atomic mass is 10.1. The van der Waals surface area contributed by atoms with E-state index in [1.54, 1.807) is 22.3 Å². The second-order valence-corrected chi connectivity index (χ2v) is 10.3. The van der Waals surface area contributed by atoms with E-state index in [-0.39, 0.29) is 35.1 Å². The van der Waals surface area contributed by atoms with E-state index in [1.165, 1.54) is 37.7 Å². The lowest BCUT2D eigenvalue weighted by molar-refractivity contribution is -0.148. The quantitative estimate of drug-likeness (QED) is 0.177. The molecule has 0 spiro atoms. The normalized spacial score (nSPS) is 14.4. The first-order chi connectivity index (χ1) is 21.9. The van der Waals surface area contributed by atoms with Crippen LogP contribution in [0.1, 0.15) is 19.8 Å². The van der Waals surface area contributed by atoms with Crippen LogP contribution in [0.25, 0.3) is 10.9 Å². The molecule has 16 heteroatoms. The fourth-order valence-electron chi connectivity index (χ4n) is 4.63. The summed E-state index contributed by atoms with van der Waals surface area (Å²) in [4.78, 5) is 34.3. The molecular formula is C30H29F4N7O5. The molecule has 0 saturated carbocycles.